The van der Waals surface area contributed by atoms with Gasteiger partial charge in [-0.15, -0.1) is 0 Å². The van der Waals surface area contributed by atoms with Crippen molar-refractivity contribution in [2.75, 3.05) is 5.32 Å². The van der Waals surface area contributed by atoms with Crippen molar-refractivity contribution in [3.63, 3.8) is 0 Å². The van der Waals surface area contributed by atoms with Crippen LogP contribution in [-0.2, 0) is 5.54 Å². The first-order chi connectivity index (χ1) is 10.2. The molecule has 2 N–H and O–H groups in total. The van der Waals surface area contributed by atoms with Crippen LogP contribution in [0.5, 0.6) is 0 Å². The predicted octanol–water partition coefficient (Wildman–Crippen LogP) is 3.79. The number of benzene rings is 1. The molecule has 0 bridgehead atoms. The van der Waals surface area contributed by atoms with Gasteiger partial charge in [0.05, 0.1) is 16.3 Å². The number of nitrogens with one attached hydrogen (secondary N) is 2. The Balaban J connectivity index is 2.29. The summed E-state index contributed by atoms with van der Waals surface area (Å²) in [6.45, 7) is 0. The van der Waals surface area contributed by atoms with Gasteiger partial charge in [0.25, 0.3) is 0 Å². The molecule has 116 valence electrons. The van der Waals surface area contributed by atoms with Gasteiger partial charge in [0.1, 0.15) is 0 Å². The lowest BCUT2D eigenvalue weighted by Gasteiger charge is -2.37. The lowest BCUT2D eigenvalue weighted by atomic mass is 9.86. The molecule has 8 heteroatoms. The molecule has 0 unspecified atom stereocenters. The van der Waals surface area contributed by atoms with E-state index >= 15 is 0 Å². The quantitative estimate of drug-likeness (QED) is 0.551. The number of carbonyl (C=O) groups excluding carboxylic acids is 1. The number of urea groups is 1. The number of alkyl halides is 3. The summed E-state index contributed by atoms with van der Waals surface area (Å²) in [5.74, 6) is 3.09. The van der Waals surface area contributed by atoms with E-state index in [1.165, 1.54) is 0 Å². The first-order valence-electron chi connectivity index (χ1n) is 6.41. The molecular weight excluding hydrogens is 324 g/mol. The number of amides is 2. The number of fused-ring (bicyclic) bond motifs is 1. The third-order valence-corrected chi connectivity index (χ3v) is 3.78. The van der Waals surface area contributed by atoms with E-state index < -0.39 is 34.1 Å². The standard InChI is InChI=1S/C14H9ClF4N2O/c15-8-3-4-9-10(11(8)16)13(14(17,18)19,21-12(22)20-9)6-5-7-1-2-7/h3-4,7H,1-2H2,(H2,20,21,22)/t13-/m0/s1. The summed E-state index contributed by atoms with van der Waals surface area (Å²) < 4.78 is 55.3. The van der Waals surface area contributed by atoms with E-state index in [2.05, 4.69) is 11.2 Å². The number of rotatable bonds is 0. The lowest BCUT2D eigenvalue weighted by Crippen LogP contribution is -2.59. The molecule has 3 rings (SSSR count). The van der Waals surface area contributed by atoms with Crippen LogP contribution in [0.2, 0.25) is 5.02 Å². The van der Waals surface area contributed by atoms with Crippen molar-refractivity contribution in [2.24, 2.45) is 5.92 Å². The molecular formula is C14H9ClF4N2O. The fraction of sp³-hybridized carbons (Fsp3) is 0.357. The van der Waals surface area contributed by atoms with Crippen LogP contribution in [0.15, 0.2) is 12.1 Å². The average molecular weight is 333 g/mol. The maximum absolute atomic E-state index is 14.3. The highest BCUT2D eigenvalue weighted by Gasteiger charge is 2.61. The fourth-order valence-electron chi connectivity index (χ4n) is 2.22. The summed E-state index contributed by atoms with van der Waals surface area (Å²) in [5, 5.41) is 3.40. The number of hydrogen-bond acceptors (Lipinski definition) is 1. The molecule has 1 heterocycles. The van der Waals surface area contributed by atoms with Gasteiger partial charge in [0.2, 0.25) is 5.54 Å². The minimum Gasteiger partial charge on any atom is -0.310 e. The maximum Gasteiger partial charge on any atom is 0.427 e. The van der Waals surface area contributed by atoms with E-state index in [0.29, 0.717) is 12.8 Å². The Morgan fingerprint density at radius 2 is 2.00 bits per heavy atom. The van der Waals surface area contributed by atoms with Gasteiger partial charge in [-0.2, -0.15) is 13.2 Å². The molecule has 0 aromatic heterocycles. The zero-order chi connectivity index (χ0) is 16.1. The van der Waals surface area contributed by atoms with Crippen LogP contribution in [0, 0.1) is 23.6 Å². The molecule has 1 aliphatic heterocycles. The molecule has 1 saturated carbocycles. The Hall–Kier alpha value is -1.94. The lowest BCUT2D eigenvalue weighted by molar-refractivity contribution is -0.179. The van der Waals surface area contributed by atoms with Crippen molar-refractivity contribution in [3.05, 3.63) is 28.5 Å². The first kappa shape index (κ1) is 15.0. The van der Waals surface area contributed by atoms with Gasteiger partial charge in [-0.3, -0.25) is 0 Å². The van der Waals surface area contributed by atoms with Crippen molar-refractivity contribution >= 4 is 23.3 Å². The molecule has 0 spiro atoms. The Bertz CT molecular complexity index is 718. The minimum absolute atomic E-state index is 0.156. The second kappa shape index (κ2) is 4.78. The molecule has 2 amide bonds. The summed E-state index contributed by atoms with van der Waals surface area (Å²) in [5.41, 5.74) is -4.21. The highest BCUT2D eigenvalue weighted by Crippen LogP contribution is 2.46. The Morgan fingerprint density at radius 1 is 1.32 bits per heavy atom. The highest BCUT2D eigenvalue weighted by atomic mass is 35.5. The molecule has 2 aliphatic rings. The topological polar surface area (TPSA) is 41.1 Å². The van der Waals surface area contributed by atoms with Gasteiger partial charge in [0.15, 0.2) is 5.82 Å². The van der Waals surface area contributed by atoms with Gasteiger partial charge >= 0.3 is 12.2 Å². The second-order valence-corrected chi connectivity index (χ2v) is 5.56. The van der Waals surface area contributed by atoms with Gasteiger partial charge < -0.3 is 10.6 Å². The third-order valence-electron chi connectivity index (χ3n) is 3.49. The van der Waals surface area contributed by atoms with E-state index in [1.807, 2.05) is 5.92 Å². The smallest absolute Gasteiger partial charge is 0.310 e. The van der Waals surface area contributed by atoms with Crippen LogP contribution in [0.1, 0.15) is 18.4 Å². The van der Waals surface area contributed by atoms with Crippen LogP contribution in [0.25, 0.3) is 0 Å². The van der Waals surface area contributed by atoms with E-state index in [0.717, 1.165) is 12.1 Å². The number of hydrogen-bond donors (Lipinski definition) is 2. The molecule has 0 radical (unpaired) electrons. The van der Waals surface area contributed by atoms with Crippen molar-refractivity contribution in [1.29, 1.82) is 0 Å². The second-order valence-electron chi connectivity index (χ2n) is 5.15. The SMILES string of the molecule is O=C1Nc2ccc(Cl)c(F)c2[C@@](C#CC2CC2)(C(F)(F)F)N1. The fourth-order valence-corrected chi connectivity index (χ4v) is 2.38. The summed E-state index contributed by atoms with van der Waals surface area (Å²) in [6, 6.07) is 1.10. The minimum atomic E-state index is -5.01. The summed E-state index contributed by atoms with van der Waals surface area (Å²) in [6.07, 6.45) is -3.62. The Morgan fingerprint density at radius 3 is 2.59 bits per heavy atom. The summed E-state index contributed by atoms with van der Waals surface area (Å²) in [7, 11) is 0. The third kappa shape index (κ3) is 2.28. The molecule has 1 aromatic rings. The van der Waals surface area contributed by atoms with Crippen LogP contribution in [-0.4, -0.2) is 12.2 Å². The van der Waals surface area contributed by atoms with Gasteiger partial charge in [-0.25, -0.2) is 9.18 Å². The largest absolute Gasteiger partial charge is 0.427 e. The molecule has 1 atom stereocenters. The Labute approximate surface area is 128 Å². The predicted molar refractivity (Wildman–Crippen MR) is 71.8 cm³/mol. The number of halogens is 5. The number of carbonyl (C=O) groups is 1. The van der Waals surface area contributed by atoms with Gasteiger partial charge in [-0.1, -0.05) is 23.4 Å². The van der Waals surface area contributed by atoms with Crippen LogP contribution in [0.4, 0.5) is 28.0 Å². The zero-order valence-electron chi connectivity index (χ0n) is 10.9. The van der Waals surface area contributed by atoms with Crippen molar-refractivity contribution in [2.45, 2.75) is 24.6 Å². The van der Waals surface area contributed by atoms with E-state index in [1.54, 1.807) is 5.32 Å². The van der Waals surface area contributed by atoms with Crippen LogP contribution in [0.3, 0.4) is 0 Å². The highest BCUT2D eigenvalue weighted by molar-refractivity contribution is 6.31. The Kier molecular flexibility index (Phi) is 3.25. The van der Waals surface area contributed by atoms with E-state index in [-0.39, 0.29) is 11.6 Å². The zero-order valence-corrected chi connectivity index (χ0v) is 11.7. The van der Waals surface area contributed by atoms with E-state index in [9.17, 15) is 22.4 Å². The van der Waals surface area contributed by atoms with Crippen LogP contribution < -0.4 is 10.6 Å². The molecule has 22 heavy (non-hydrogen) atoms. The monoisotopic (exact) mass is 332 g/mol. The maximum atomic E-state index is 14.3. The molecule has 0 saturated heterocycles. The average Bonchev–Trinajstić information content (AvgIpc) is 3.23. The van der Waals surface area contributed by atoms with Gasteiger partial charge in [-0.05, 0) is 25.0 Å². The van der Waals surface area contributed by atoms with Crippen LogP contribution >= 0.6 is 11.6 Å². The van der Waals surface area contributed by atoms with Crippen molar-refractivity contribution < 1.29 is 22.4 Å². The van der Waals surface area contributed by atoms with E-state index in [4.69, 9.17) is 11.6 Å². The first-order valence-corrected chi connectivity index (χ1v) is 6.79. The normalized spacial score (nSPS) is 23.8. The number of anilines is 1. The van der Waals surface area contributed by atoms with Crippen molar-refractivity contribution in [3.8, 4) is 11.8 Å². The van der Waals surface area contributed by atoms with Gasteiger partial charge in [0, 0.05) is 5.92 Å². The molecule has 1 fully saturated rings. The summed E-state index contributed by atoms with van der Waals surface area (Å²) in [4.78, 5) is 11.6. The molecule has 1 aliphatic carbocycles. The molecule has 3 nitrogen and oxygen atoms in total. The summed E-state index contributed by atoms with van der Waals surface area (Å²) >= 11 is 5.60. The van der Waals surface area contributed by atoms with Crippen molar-refractivity contribution in [1.82, 2.24) is 5.32 Å². The molecule has 1 aromatic carbocycles.